The third kappa shape index (κ3) is 9.17. The van der Waals surface area contributed by atoms with E-state index in [0.29, 0.717) is 39.7 Å². The lowest BCUT2D eigenvalue weighted by molar-refractivity contribution is -0.0118. The van der Waals surface area contributed by atoms with E-state index < -0.39 is 32.2 Å². The third-order valence-electron chi connectivity index (χ3n) is 11.5. The molecule has 2 aromatic carbocycles. The summed E-state index contributed by atoms with van der Waals surface area (Å²) >= 11 is 0. The van der Waals surface area contributed by atoms with Crippen LogP contribution in [0.1, 0.15) is 66.9 Å². The molecule has 1 atom stereocenters. The van der Waals surface area contributed by atoms with Gasteiger partial charge < -0.3 is 29.3 Å². The highest BCUT2D eigenvalue weighted by atomic mass is 28.3. The number of nitrogens with one attached hydrogen (secondary N) is 1. The van der Waals surface area contributed by atoms with Gasteiger partial charge in [-0.25, -0.2) is 17.6 Å². The van der Waals surface area contributed by atoms with Crippen LogP contribution in [0, 0.1) is 29.0 Å². The Kier molecular flexibility index (Phi) is 13.3. The van der Waals surface area contributed by atoms with Gasteiger partial charge in [-0.1, -0.05) is 60.5 Å². The summed E-state index contributed by atoms with van der Waals surface area (Å²) in [6.45, 7) is 19.5. The SMILES string of the molecule is COCOc1cc(-c2ncc3c(N4CCCC(F)(F)C4)nc(OC[C@H](C)CN4CCNCC4)nc3c2F)c2c(C#C[Si](C(C)C)(C(C)C)C(C)C)c(F)ccc2c1. The molecule has 0 bridgehead atoms. The van der Waals surface area contributed by atoms with Gasteiger partial charge in [0.2, 0.25) is 0 Å². The fraction of sp³-hybridized carbons (Fsp3) is 0.558. The maximum Gasteiger partial charge on any atom is 0.319 e. The van der Waals surface area contributed by atoms with Crippen LogP contribution in [0.5, 0.6) is 11.8 Å². The molecule has 0 saturated carbocycles. The summed E-state index contributed by atoms with van der Waals surface area (Å²) in [6, 6.07) is 6.20. The number of nitrogens with zero attached hydrogens (tertiary/aromatic N) is 5. The van der Waals surface area contributed by atoms with Crippen LogP contribution >= 0.6 is 0 Å². The van der Waals surface area contributed by atoms with E-state index >= 15 is 8.78 Å². The summed E-state index contributed by atoms with van der Waals surface area (Å²) in [5.74, 6) is -0.478. The Morgan fingerprint density at radius 2 is 1.67 bits per heavy atom. The van der Waals surface area contributed by atoms with Crippen molar-refractivity contribution in [1.29, 1.82) is 0 Å². The molecule has 0 unspecified atom stereocenters. The summed E-state index contributed by atoms with van der Waals surface area (Å²) < 4.78 is 80.4. The molecule has 6 rings (SSSR count). The van der Waals surface area contributed by atoms with Crippen molar-refractivity contribution in [3.05, 3.63) is 47.7 Å². The number of hydrogen-bond acceptors (Lipinski definition) is 9. The Bertz CT molecular complexity index is 2100. The Balaban J connectivity index is 1.54. The fourth-order valence-corrected chi connectivity index (χ4v) is 14.0. The van der Waals surface area contributed by atoms with Gasteiger partial charge in [-0.2, -0.15) is 9.97 Å². The van der Waals surface area contributed by atoms with E-state index in [-0.39, 0.29) is 71.7 Å². The average molecular weight is 809 g/mol. The van der Waals surface area contributed by atoms with Crippen LogP contribution in [0.4, 0.5) is 23.4 Å². The van der Waals surface area contributed by atoms with Gasteiger partial charge in [0.25, 0.3) is 5.92 Å². The zero-order chi connectivity index (χ0) is 41.1. The van der Waals surface area contributed by atoms with E-state index in [1.807, 2.05) is 0 Å². The van der Waals surface area contributed by atoms with Crippen molar-refractivity contribution in [2.24, 2.45) is 5.92 Å². The van der Waals surface area contributed by atoms with Crippen LogP contribution in [0.25, 0.3) is 32.9 Å². The number of piperazine rings is 1. The Morgan fingerprint density at radius 1 is 0.947 bits per heavy atom. The normalized spacial score (nSPS) is 17.1. The molecule has 0 aliphatic carbocycles. The van der Waals surface area contributed by atoms with Crippen LogP contribution in [-0.4, -0.2) is 100 Å². The van der Waals surface area contributed by atoms with Gasteiger partial charge in [0.05, 0.1) is 24.1 Å². The number of hydrogen-bond donors (Lipinski definition) is 1. The number of piperidine rings is 1. The van der Waals surface area contributed by atoms with Crippen molar-refractivity contribution >= 4 is 35.6 Å². The summed E-state index contributed by atoms with van der Waals surface area (Å²) in [4.78, 5) is 17.6. The number of pyridine rings is 1. The number of anilines is 1. The average Bonchev–Trinajstić information content (AvgIpc) is 3.16. The van der Waals surface area contributed by atoms with Crippen LogP contribution in [-0.2, 0) is 4.74 Å². The largest absolute Gasteiger partial charge is 0.468 e. The smallest absolute Gasteiger partial charge is 0.319 e. The predicted octanol–water partition coefficient (Wildman–Crippen LogP) is 8.83. The Hall–Kier alpha value is -4.03. The highest BCUT2D eigenvalue weighted by Crippen LogP contribution is 2.43. The van der Waals surface area contributed by atoms with Gasteiger partial charge in [-0.3, -0.25) is 4.98 Å². The van der Waals surface area contributed by atoms with Gasteiger partial charge >= 0.3 is 6.01 Å². The molecular formula is C43H56F4N6O3Si. The number of rotatable bonds is 13. The van der Waals surface area contributed by atoms with Crippen LogP contribution in [0.3, 0.4) is 0 Å². The molecule has 4 aromatic rings. The molecule has 2 aliphatic heterocycles. The standard InChI is InChI=1S/C43H56F4N6O3Si/c1-27(2)57(28(3)4,29(5)6)19-12-33-36(44)11-10-31-20-32(56-26-54-8)21-34(37(31)33)39-38(45)40-35(22-49-39)41(53-16-9-13-43(46,47)25-53)51-42(50-40)55-24-30(7)23-52-17-14-48-15-18-52/h10-11,20-22,27-30,48H,9,13-18,23-26H2,1-8H3/t30-/m1/s1. The molecule has 14 heteroatoms. The highest BCUT2D eigenvalue weighted by molar-refractivity contribution is 6.90. The minimum absolute atomic E-state index is 0.0808. The molecule has 1 N–H and O–H groups in total. The van der Waals surface area contributed by atoms with Gasteiger partial charge in [-0.15, -0.1) is 5.54 Å². The molecule has 0 spiro atoms. The van der Waals surface area contributed by atoms with Crippen LogP contribution in [0.2, 0.25) is 16.6 Å². The number of ether oxygens (including phenoxy) is 3. The van der Waals surface area contributed by atoms with E-state index in [9.17, 15) is 8.78 Å². The fourth-order valence-electron chi connectivity index (χ4n) is 8.80. The summed E-state index contributed by atoms with van der Waals surface area (Å²) in [5.41, 5.74) is 4.63. The van der Waals surface area contributed by atoms with Crippen molar-refractivity contribution in [2.45, 2.75) is 83.9 Å². The lowest BCUT2D eigenvalue weighted by Crippen LogP contribution is -2.45. The minimum atomic E-state index is -2.95. The second-order valence-electron chi connectivity index (χ2n) is 16.6. The lowest BCUT2D eigenvalue weighted by Gasteiger charge is -2.38. The van der Waals surface area contributed by atoms with Crippen LogP contribution < -0.4 is 19.7 Å². The molecule has 2 aromatic heterocycles. The number of aromatic nitrogens is 3. The summed E-state index contributed by atoms with van der Waals surface area (Å²) in [5, 5.41) is 4.46. The van der Waals surface area contributed by atoms with E-state index in [2.05, 4.69) is 85.1 Å². The zero-order valence-corrected chi connectivity index (χ0v) is 35.4. The molecule has 0 radical (unpaired) electrons. The second-order valence-corrected chi connectivity index (χ2v) is 22.1. The molecule has 2 fully saturated rings. The first-order chi connectivity index (χ1) is 27.1. The lowest BCUT2D eigenvalue weighted by atomic mass is 9.95. The molecule has 57 heavy (non-hydrogen) atoms. The first-order valence-electron chi connectivity index (χ1n) is 20.1. The maximum atomic E-state index is 17.4. The molecular weight excluding hydrogens is 753 g/mol. The Morgan fingerprint density at radius 3 is 2.33 bits per heavy atom. The zero-order valence-electron chi connectivity index (χ0n) is 34.4. The molecule has 2 saturated heterocycles. The molecule has 2 aliphatic rings. The molecule has 9 nitrogen and oxygen atoms in total. The quantitative estimate of drug-likeness (QED) is 0.0617. The van der Waals surface area contributed by atoms with E-state index in [0.717, 1.165) is 32.7 Å². The number of halogens is 4. The second kappa shape index (κ2) is 17.8. The van der Waals surface area contributed by atoms with Crippen molar-refractivity contribution in [1.82, 2.24) is 25.2 Å². The topological polar surface area (TPSA) is 84.9 Å². The number of benzene rings is 2. The summed E-state index contributed by atoms with van der Waals surface area (Å²) in [6.07, 6.45) is 1.39. The van der Waals surface area contributed by atoms with Crippen LogP contribution in [0.15, 0.2) is 30.5 Å². The number of alkyl halides is 2. The molecule has 0 amide bonds. The van der Waals surface area contributed by atoms with E-state index in [1.54, 1.807) is 18.2 Å². The van der Waals surface area contributed by atoms with Crippen molar-refractivity contribution in [2.75, 3.05) is 71.2 Å². The first kappa shape index (κ1) is 42.6. The maximum absolute atomic E-state index is 17.4. The van der Waals surface area contributed by atoms with E-state index in [4.69, 9.17) is 14.2 Å². The first-order valence-corrected chi connectivity index (χ1v) is 22.3. The third-order valence-corrected chi connectivity index (χ3v) is 17.8. The molecule has 4 heterocycles. The van der Waals surface area contributed by atoms with Crippen molar-refractivity contribution in [3.8, 4) is 34.5 Å². The monoisotopic (exact) mass is 808 g/mol. The highest BCUT2D eigenvalue weighted by Gasteiger charge is 2.42. The molecule has 308 valence electrons. The number of methoxy groups -OCH3 is 1. The predicted molar refractivity (Wildman–Crippen MR) is 221 cm³/mol. The Labute approximate surface area is 334 Å². The summed E-state index contributed by atoms with van der Waals surface area (Å²) in [7, 11) is -0.824. The minimum Gasteiger partial charge on any atom is -0.468 e. The van der Waals surface area contributed by atoms with Gasteiger partial charge in [0.1, 0.15) is 36.7 Å². The van der Waals surface area contributed by atoms with Gasteiger partial charge in [0, 0.05) is 75.9 Å². The van der Waals surface area contributed by atoms with Gasteiger partial charge in [-0.05, 0) is 46.6 Å². The van der Waals surface area contributed by atoms with E-state index in [1.165, 1.54) is 24.3 Å². The number of fused-ring (bicyclic) bond motifs is 2. The van der Waals surface area contributed by atoms with Crippen molar-refractivity contribution < 1.29 is 31.8 Å². The van der Waals surface area contributed by atoms with Gasteiger partial charge in [0.15, 0.2) is 12.6 Å². The van der Waals surface area contributed by atoms with Crippen molar-refractivity contribution in [3.63, 3.8) is 0 Å².